The van der Waals surface area contributed by atoms with E-state index in [2.05, 4.69) is 0 Å². The molecule has 0 radical (unpaired) electrons. The van der Waals surface area contributed by atoms with Crippen molar-refractivity contribution >= 4 is 6.29 Å². The van der Waals surface area contributed by atoms with Gasteiger partial charge >= 0.3 is 0 Å². The second kappa shape index (κ2) is 6.28. The van der Waals surface area contributed by atoms with Crippen molar-refractivity contribution in [2.45, 2.75) is 31.9 Å². The quantitative estimate of drug-likeness (QED) is 0.324. The van der Waals surface area contributed by atoms with Crippen LogP contribution in [0.25, 0.3) is 0 Å². The molecule has 0 aromatic carbocycles. The Kier molecular flexibility index (Phi) is 5.75. The predicted octanol–water partition coefficient (Wildman–Crippen LogP) is 1.72. The van der Waals surface area contributed by atoms with E-state index >= 15 is 0 Å². The summed E-state index contributed by atoms with van der Waals surface area (Å²) >= 11 is 0. The molecule has 56 valence electrons. The summed E-state index contributed by atoms with van der Waals surface area (Å²) in [6, 6.07) is 0. The van der Waals surface area contributed by atoms with Gasteiger partial charge in [0.05, 0.1) is 0 Å². The molecule has 10 heavy (non-hydrogen) atoms. The normalized spacial score (nSPS) is 12.0. The van der Waals surface area contributed by atoms with Crippen LogP contribution >= 0.6 is 0 Å². The van der Waals surface area contributed by atoms with Crippen molar-refractivity contribution < 1.29 is 9.18 Å². The van der Waals surface area contributed by atoms with E-state index in [4.69, 9.17) is 6.42 Å². The molecule has 0 saturated carbocycles. The fourth-order valence-electron chi connectivity index (χ4n) is 0.635. The second-order valence-electron chi connectivity index (χ2n) is 2.09. The van der Waals surface area contributed by atoms with Crippen LogP contribution in [0, 0.1) is 12.3 Å². The van der Waals surface area contributed by atoms with Crippen molar-refractivity contribution in [3.63, 3.8) is 0 Å². The Bertz CT molecular complexity index is 126. The third-order valence-electron chi connectivity index (χ3n) is 1.21. The number of halogens is 1. The molecule has 0 bridgehead atoms. The minimum absolute atomic E-state index is 0.379. The topological polar surface area (TPSA) is 17.1 Å². The lowest BCUT2D eigenvalue weighted by Gasteiger charge is -1.96. The predicted molar refractivity (Wildman–Crippen MR) is 38.3 cm³/mol. The van der Waals surface area contributed by atoms with Gasteiger partial charge in [0.25, 0.3) is 0 Å². The summed E-state index contributed by atoms with van der Waals surface area (Å²) < 4.78 is 12.2. The van der Waals surface area contributed by atoms with Crippen LogP contribution in [0.5, 0.6) is 0 Å². The van der Waals surface area contributed by atoms with Gasteiger partial charge in [0, 0.05) is 6.42 Å². The third kappa shape index (κ3) is 5.30. The SMILES string of the molecule is C#CC(F)CCCCC=O. The lowest BCUT2D eigenvalue weighted by molar-refractivity contribution is -0.107. The zero-order valence-electron chi connectivity index (χ0n) is 5.85. The van der Waals surface area contributed by atoms with Crippen LogP contribution in [0.15, 0.2) is 0 Å². The van der Waals surface area contributed by atoms with Gasteiger partial charge in [-0.2, -0.15) is 0 Å². The van der Waals surface area contributed by atoms with Gasteiger partial charge < -0.3 is 4.79 Å². The molecule has 2 heteroatoms. The summed E-state index contributed by atoms with van der Waals surface area (Å²) in [5, 5.41) is 0. The van der Waals surface area contributed by atoms with E-state index in [1.54, 1.807) is 0 Å². The molecule has 1 unspecified atom stereocenters. The van der Waals surface area contributed by atoms with Crippen LogP contribution in [0.3, 0.4) is 0 Å². The summed E-state index contributed by atoms with van der Waals surface area (Å²) in [4.78, 5) is 9.79. The Balaban J connectivity index is 3.05. The molecule has 0 spiro atoms. The maximum Gasteiger partial charge on any atom is 0.160 e. The van der Waals surface area contributed by atoms with Gasteiger partial charge in [0.1, 0.15) is 6.29 Å². The molecule has 0 amide bonds. The maximum absolute atomic E-state index is 12.2. The van der Waals surface area contributed by atoms with Gasteiger partial charge in [-0.1, -0.05) is 5.92 Å². The average Bonchev–Trinajstić information content (AvgIpc) is 1.98. The summed E-state index contributed by atoms with van der Waals surface area (Å²) in [5.74, 6) is 1.99. The zero-order valence-corrected chi connectivity index (χ0v) is 5.85. The van der Waals surface area contributed by atoms with Crippen molar-refractivity contribution in [1.29, 1.82) is 0 Å². The van der Waals surface area contributed by atoms with Gasteiger partial charge in [-0.3, -0.25) is 0 Å². The smallest absolute Gasteiger partial charge is 0.160 e. The molecule has 0 aliphatic carbocycles. The lowest BCUT2D eigenvalue weighted by Crippen LogP contribution is -1.94. The standard InChI is InChI=1S/C8H11FO/c1-2-8(9)6-4-3-5-7-10/h1,7-8H,3-6H2. The van der Waals surface area contributed by atoms with Crippen molar-refractivity contribution in [3.8, 4) is 12.3 Å². The Morgan fingerprint density at radius 2 is 2.30 bits per heavy atom. The molecule has 0 rings (SSSR count). The highest BCUT2D eigenvalue weighted by Crippen LogP contribution is 2.04. The monoisotopic (exact) mass is 142 g/mol. The van der Waals surface area contributed by atoms with E-state index in [1.807, 2.05) is 5.92 Å². The molecule has 1 atom stereocenters. The first-order valence-corrected chi connectivity index (χ1v) is 3.35. The number of aldehydes is 1. The number of carbonyl (C=O) groups excluding carboxylic acids is 1. The molecule has 1 nitrogen and oxygen atoms in total. The average molecular weight is 142 g/mol. The molecule has 0 fully saturated rings. The molecule has 0 heterocycles. The third-order valence-corrected chi connectivity index (χ3v) is 1.21. The van der Waals surface area contributed by atoms with E-state index in [-0.39, 0.29) is 0 Å². The highest BCUT2D eigenvalue weighted by atomic mass is 19.1. The molecule has 0 saturated heterocycles. The van der Waals surface area contributed by atoms with Crippen LogP contribution in [0.2, 0.25) is 0 Å². The van der Waals surface area contributed by atoms with Gasteiger partial charge in [-0.15, -0.1) is 6.42 Å². The van der Waals surface area contributed by atoms with Crippen molar-refractivity contribution in [2.75, 3.05) is 0 Å². The molecule has 0 aliphatic rings. The zero-order chi connectivity index (χ0) is 7.82. The molecular weight excluding hydrogens is 131 g/mol. The van der Waals surface area contributed by atoms with Gasteiger partial charge in [0.2, 0.25) is 0 Å². The van der Waals surface area contributed by atoms with Gasteiger partial charge in [-0.05, 0) is 19.3 Å². The molecule has 0 aliphatic heterocycles. The summed E-state index contributed by atoms with van der Waals surface area (Å²) in [5.41, 5.74) is 0. The minimum Gasteiger partial charge on any atom is -0.303 e. The van der Waals surface area contributed by atoms with E-state index in [0.717, 1.165) is 12.7 Å². The number of hydrogen-bond donors (Lipinski definition) is 0. The van der Waals surface area contributed by atoms with Gasteiger partial charge in [0.15, 0.2) is 6.17 Å². The van der Waals surface area contributed by atoms with Crippen LogP contribution in [-0.2, 0) is 4.79 Å². The van der Waals surface area contributed by atoms with Crippen LogP contribution < -0.4 is 0 Å². The summed E-state index contributed by atoms with van der Waals surface area (Å²) in [6.45, 7) is 0. The lowest BCUT2D eigenvalue weighted by atomic mass is 10.1. The van der Waals surface area contributed by atoms with E-state index in [1.165, 1.54) is 0 Å². The molecular formula is C8H11FO. The first-order valence-electron chi connectivity index (χ1n) is 3.35. The Morgan fingerprint density at radius 1 is 1.60 bits per heavy atom. The molecule has 0 aromatic rings. The number of alkyl halides is 1. The van der Waals surface area contributed by atoms with E-state index in [0.29, 0.717) is 19.3 Å². The second-order valence-corrected chi connectivity index (χ2v) is 2.09. The first-order chi connectivity index (χ1) is 4.81. The number of terminal acetylenes is 1. The Labute approximate surface area is 60.6 Å². The van der Waals surface area contributed by atoms with Gasteiger partial charge in [-0.25, -0.2) is 4.39 Å². The number of unbranched alkanes of at least 4 members (excludes halogenated alkanes) is 2. The first kappa shape index (κ1) is 9.16. The van der Waals surface area contributed by atoms with Crippen LogP contribution in [0.1, 0.15) is 25.7 Å². The number of carbonyl (C=O) groups is 1. The molecule has 0 N–H and O–H groups in total. The fraction of sp³-hybridized carbons (Fsp3) is 0.625. The summed E-state index contributed by atoms with van der Waals surface area (Å²) in [7, 11) is 0. The highest BCUT2D eigenvalue weighted by Gasteiger charge is 1.98. The Morgan fingerprint density at radius 3 is 2.80 bits per heavy atom. The van der Waals surface area contributed by atoms with E-state index < -0.39 is 6.17 Å². The maximum atomic E-state index is 12.2. The highest BCUT2D eigenvalue weighted by molar-refractivity contribution is 5.48. The van der Waals surface area contributed by atoms with Crippen LogP contribution in [-0.4, -0.2) is 12.5 Å². The Hall–Kier alpha value is -0.840. The van der Waals surface area contributed by atoms with Crippen molar-refractivity contribution in [1.82, 2.24) is 0 Å². The largest absolute Gasteiger partial charge is 0.303 e. The van der Waals surface area contributed by atoms with E-state index in [9.17, 15) is 9.18 Å². The summed E-state index contributed by atoms with van der Waals surface area (Å²) in [6.07, 6.45) is 6.83. The number of hydrogen-bond acceptors (Lipinski definition) is 1. The minimum atomic E-state index is -1.13. The van der Waals surface area contributed by atoms with Crippen molar-refractivity contribution in [3.05, 3.63) is 0 Å². The van der Waals surface area contributed by atoms with Crippen LogP contribution in [0.4, 0.5) is 4.39 Å². The molecule has 0 aromatic heterocycles. The fourth-order valence-corrected chi connectivity index (χ4v) is 0.635. The van der Waals surface area contributed by atoms with Crippen molar-refractivity contribution in [2.24, 2.45) is 0 Å². The number of rotatable bonds is 5.